The summed E-state index contributed by atoms with van der Waals surface area (Å²) in [6, 6.07) is 8.69. The second-order valence-corrected chi connectivity index (χ2v) is 11.3. The fourth-order valence-corrected chi connectivity index (χ4v) is 5.85. The van der Waals surface area contributed by atoms with Gasteiger partial charge in [0, 0.05) is 36.5 Å². The van der Waals surface area contributed by atoms with Crippen LogP contribution in [0.3, 0.4) is 0 Å². The van der Waals surface area contributed by atoms with Crippen molar-refractivity contribution in [1.82, 2.24) is 0 Å². The van der Waals surface area contributed by atoms with Crippen LogP contribution in [0.2, 0.25) is 0 Å². The Bertz CT molecular complexity index is 1520. The molecular formula is C27H32N2O7S2. The highest BCUT2D eigenvalue weighted by molar-refractivity contribution is 7.86. The molecule has 204 valence electrons. The maximum Gasteiger partial charge on any atom is 0.295 e. The summed E-state index contributed by atoms with van der Waals surface area (Å²) in [4.78, 5) is 0.188. The molecule has 0 spiro atoms. The lowest BCUT2D eigenvalue weighted by atomic mass is 9.90. The van der Waals surface area contributed by atoms with E-state index in [2.05, 4.69) is 9.48 Å². The first kappa shape index (κ1) is 29.3. The molecule has 2 aromatic carbocycles. The van der Waals surface area contributed by atoms with Gasteiger partial charge in [-0.15, -0.1) is 0 Å². The summed E-state index contributed by atoms with van der Waals surface area (Å²) in [5.41, 5.74) is 3.17. The van der Waals surface area contributed by atoms with E-state index in [1.165, 1.54) is 0 Å². The van der Waals surface area contributed by atoms with Gasteiger partial charge in [0.05, 0.1) is 4.90 Å². The molecule has 1 aliphatic rings. The van der Waals surface area contributed by atoms with Gasteiger partial charge in [0.25, 0.3) is 10.1 Å². The Balaban J connectivity index is 2.38. The van der Waals surface area contributed by atoms with Crippen LogP contribution < -0.4 is 4.90 Å². The Morgan fingerprint density at radius 1 is 0.868 bits per heavy atom. The number of phenols is 1. The van der Waals surface area contributed by atoms with E-state index < -0.39 is 35.8 Å². The van der Waals surface area contributed by atoms with E-state index in [0.717, 1.165) is 43.6 Å². The highest BCUT2D eigenvalue weighted by Gasteiger charge is 2.26. The predicted octanol–water partition coefficient (Wildman–Crippen LogP) is 3.81. The van der Waals surface area contributed by atoms with Gasteiger partial charge in [-0.05, 0) is 80.8 Å². The Hall–Kier alpha value is -3.25. The molecule has 0 saturated carbocycles. The number of rotatable bonds is 9. The monoisotopic (exact) mass is 560 g/mol. The number of anilines is 1. The molecule has 0 unspecified atom stereocenters. The van der Waals surface area contributed by atoms with Crippen molar-refractivity contribution in [2.75, 3.05) is 31.1 Å². The van der Waals surface area contributed by atoms with Crippen molar-refractivity contribution >= 4 is 37.2 Å². The molecule has 2 aromatic rings. The Kier molecular flexibility index (Phi) is 8.98. The smallest absolute Gasteiger partial charge is 0.295 e. The van der Waals surface area contributed by atoms with Crippen LogP contribution in [0.25, 0.3) is 5.57 Å². The molecule has 0 aliphatic heterocycles. The lowest BCUT2D eigenvalue weighted by Crippen LogP contribution is -2.21. The number of benzene rings is 2. The number of aromatic hydroxyl groups is 1. The third kappa shape index (κ3) is 6.24. The summed E-state index contributed by atoms with van der Waals surface area (Å²) in [5, 5.41) is 10.4. The zero-order valence-corrected chi connectivity index (χ0v) is 23.4. The molecule has 0 atom stereocenters. The number of nitrogens with zero attached hydrogens (tertiary/aromatic N) is 2. The number of allylic oxidation sites excluding steroid dienone is 5. The maximum absolute atomic E-state index is 12.4. The van der Waals surface area contributed by atoms with Crippen molar-refractivity contribution in [3.63, 3.8) is 0 Å². The van der Waals surface area contributed by atoms with E-state index in [9.17, 15) is 31.0 Å². The molecule has 0 heterocycles. The minimum Gasteiger partial charge on any atom is -0.744 e. The van der Waals surface area contributed by atoms with E-state index in [4.69, 9.17) is 0 Å². The summed E-state index contributed by atoms with van der Waals surface area (Å²) < 4.78 is 71.9. The van der Waals surface area contributed by atoms with Crippen LogP contribution in [0.15, 0.2) is 76.1 Å². The van der Waals surface area contributed by atoms with Gasteiger partial charge in [0.15, 0.2) is 5.71 Å². The summed E-state index contributed by atoms with van der Waals surface area (Å²) in [7, 11) is -10.2. The molecule has 0 radical (unpaired) electrons. The van der Waals surface area contributed by atoms with Gasteiger partial charge >= 0.3 is 0 Å². The van der Waals surface area contributed by atoms with Crippen LogP contribution in [-0.4, -0.2) is 67.5 Å². The van der Waals surface area contributed by atoms with Crippen molar-refractivity contribution in [1.29, 1.82) is 0 Å². The average molecular weight is 561 g/mol. The van der Waals surface area contributed by atoms with Gasteiger partial charge in [-0.3, -0.25) is 4.55 Å². The van der Waals surface area contributed by atoms with Crippen molar-refractivity contribution < 1.29 is 35.6 Å². The van der Waals surface area contributed by atoms with Crippen LogP contribution in [-0.2, 0) is 20.2 Å². The van der Waals surface area contributed by atoms with Crippen molar-refractivity contribution in [3.05, 3.63) is 77.4 Å². The van der Waals surface area contributed by atoms with E-state index in [0.29, 0.717) is 22.8 Å². The fraction of sp³-hybridized carbons (Fsp3) is 0.296. The first-order valence-electron chi connectivity index (χ1n) is 12.2. The second kappa shape index (κ2) is 11.6. The van der Waals surface area contributed by atoms with Gasteiger partial charge in [-0.1, -0.05) is 12.1 Å². The second-order valence-electron chi connectivity index (χ2n) is 8.56. The first-order chi connectivity index (χ1) is 17.8. The Labute approximate surface area is 224 Å². The maximum atomic E-state index is 12.4. The normalized spacial score (nSPS) is 13.6. The molecule has 0 bridgehead atoms. The standard InChI is InChI=1S/C27H32N2O7S2/c1-5-28(6-2)21-13-9-19(10-14-21)27(20-11-15-22(16-12-20)29(7-3)8-4)23-17-24(30)26(38(34,35)36)18-25(23)37(31,32)33/h9-18H,5-8H2,1-4H3,(H2-,30,31,32,33,34,35,36). The van der Waals surface area contributed by atoms with Crippen LogP contribution in [0.1, 0.15) is 38.8 Å². The van der Waals surface area contributed by atoms with Crippen LogP contribution in [0.4, 0.5) is 5.69 Å². The lowest BCUT2D eigenvalue weighted by molar-refractivity contribution is -0.519. The van der Waals surface area contributed by atoms with Gasteiger partial charge < -0.3 is 14.6 Å². The quantitative estimate of drug-likeness (QED) is 0.349. The topological polar surface area (TPSA) is 138 Å². The van der Waals surface area contributed by atoms with E-state index >= 15 is 0 Å². The Morgan fingerprint density at radius 2 is 1.42 bits per heavy atom. The van der Waals surface area contributed by atoms with Gasteiger partial charge in [-0.2, -0.15) is 8.42 Å². The third-order valence-electron chi connectivity index (χ3n) is 6.45. The van der Waals surface area contributed by atoms with E-state index in [1.54, 1.807) is 24.3 Å². The summed E-state index contributed by atoms with van der Waals surface area (Å²) in [6.07, 6.45) is 7.31. The summed E-state index contributed by atoms with van der Waals surface area (Å²) >= 11 is 0. The molecule has 0 saturated heterocycles. The Morgan fingerprint density at radius 3 is 1.87 bits per heavy atom. The van der Waals surface area contributed by atoms with Crippen molar-refractivity contribution in [2.45, 2.75) is 37.5 Å². The SMILES string of the molecule is CCN(CC)c1ccc(C(=C2C=CC(=[N+](CC)CC)C=C2)c2cc(O)c(S(=O)(=O)[O-])cc2S(=O)(=O)O)cc1. The molecule has 1 aliphatic carbocycles. The average Bonchev–Trinajstić information content (AvgIpc) is 2.86. The summed E-state index contributed by atoms with van der Waals surface area (Å²) in [6.45, 7) is 11.2. The fourth-order valence-electron chi connectivity index (χ4n) is 4.49. The summed E-state index contributed by atoms with van der Waals surface area (Å²) in [5.74, 6) is -0.917. The van der Waals surface area contributed by atoms with Gasteiger partial charge in [0.1, 0.15) is 33.9 Å². The van der Waals surface area contributed by atoms with Crippen molar-refractivity contribution in [2.24, 2.45) is 0 Å². The highest BCUT2D eigenvalue weighted by atomic mass is 32.2. The molecule has 0 fully saturated rings. The van der Waals surface area contributed by atoms with Crippen LogP contribution in [0.5, 0.6) is 5.75 Å². The third-order valence-corrected chi connectivity index (χ3v) is 8.21. The van der Waals surface area contributed by atoms with Crippen LogP contribution in [0, 0.1) is 0 Å². The largest absolute Gasteiger partial charge is 0.744 e. The highest BCUT2D eigenvalue weighted by Crippen LogP contribution is 2.38. The molecule has 2 N–H and O–H groups in total. The zero-order valence-electron chi connectivity index (χ0n) is 21.7. The molecule has 3 rings (SSSR count). The minimum absolute atomic E-state index is 0.149. The molecule has 0 aromatic heterocycles. The van der Waals surface area contributed by atoms with Gasteiger partial charge in [-0.25, -0.2) is 13.0 Å². The molecule has 9 nitrogen and oxygen atoms in total. The van der Waals surface area contributed by atoms with E-state index in [1.807, 2.05) is 52.0 Å². The molecular weight excluding hydrogens is 528 g/mol. The lowest BCUT2D eigenvalue weighted by Gasteiger charge is -2.22. The van der Waals surface area contributed by atoms with Gasteiger partial charge in [0.2, 0.25) is 0 Å². The first-order valence-corrected chi connectivity index (χ1v) is 15.1. The number of hydrogen-bond acceptors (Lipinski definition) is 7. The zero-order chi connectivity index (χ0) is 28.3. The molecule has 0 amide bonds. The number of phenolic OH excluding ortho intramolecular Hbond substituents is 1. The number of hydrogen-bond donors (Lipinski definition) is 2. The predicted molar refractivity (Wildman–Crippen MR) is 147 cm³/mol. The molecule has 11 heteroatoms. The minimum atomic E-state index is -5.23. The van der Waals surface area contributed by atoms with Crippen LogP contribution >= 0.6 is 0 Å². The van der Waals surface area contributed by atoms with E-state index in [-0.39, 0.29) is 5.56 Å². The molecule has 38 heavy (non-hydrogen) atoms. The van der Waals surface area contributed by atoms with Crippen molar-refractivity contribution in [3.8, 4) is 5.75 Å².